The van der Waals surface area contributed by atoms with Crippen molar-refractivity contribution >= 4 is 17.4 Å². The molecule has 96 valence electrons. The van der Waals surface area contributed by atoms with Crippen LogP contribution in [0.2, 0.25) is 5.02 Å². The van der Waals surface area contributed by atoms with Crippen LogP contribution in [0.3, 0.4) is 0 Å². The van der Waals surface area contributed by atoms with Crippen molar-refractivity contribution in [3.63, 3.8) is 0 Å². The minimum absolute atomic E-state index is 0.0442. The molecular weight excluding hydrogens is 257 g/mol. The largest absolute Gasteiger partial charge is 0.417 e. The Balaban J connectivity index is 2.64. The molecule has 0 fully saturated rings. The Labute approximate surface area is 102 Å². The van der Waals surface area contributed by atoms with Crippen molar-refractivity contribution < 1.29 is 17.9 Å². The second-order valence-corrected chi connectivity index (χ2v) is 3.73. The summed E-state index contributed by atoms with van der Waals surface area (Å²) in [6, 6.07) is 0.854. The molecule has 0 saturated heterocycles. The van der Waals surface area contributed by atoms with E-state index < -0.39 is 11.7 Å². The van der Waals surface area contributed by atoms with Crippen molar-refractivity contribution in [2.45, 2.75) is 12.6 Å². The van der Waals surface area contributed by atoms with Crippen LogP contribution in [0.4, 0.5) is 19.0 Å². The molecule has 1 aromatic rings. The fraction of sp³-hybridized carbons (Fsp3) is 0.500. The number of ether oxygens (including phenoxy) is 1. The standard InChI is InChI=1S/C10H12ClF3N2O/c1-17-4-2-3-15-9-8(11)5-7(6-16-9)10(12,13)14/h5-6H,2-4H2,1H3,(H,15,16). The summed E-state index contributed by atoms with van der Waals surface area (Å²) < 4.78 is 41.8. The zero-order valence-electron chi connectivity index (χ0n) is 9.14. The minimum Gasteiger partial charge on any atom is -0.385 e. The molecule has 1 rings (SSSR count). The molecule has 0 aliphatic heterocycles. The monoisotopic (exact) mass is 268 g/mol. The Bertz CT molecular complexity index is 371. The number of hydrogen-bond acceptors (Lipinski definition) is 3. The van der Waals surface area contributed by atoms with Gasteiger partial charge in [0.15, 0.2) is 0 Å². The molecule has 0 unspecified atom stereocenters. The van der Waals surface area contributed by atoms with Crippen LogP contribution in [-0.2, 0) is 10.9 Å². The Morgan fingerprint density at radius 1 is 1.47 bits per heavy atom. The van der Waals surface area contributed by atoms with Crippen LogP contribution in [0.25, 0.3) is 0 Å². The topological polar surface area (TPSA) is 34.1 Å². The number of halogens is 4. The average Bonchev–Trinajstić information content (AvgIpc) is 2.24. The lowest BCUT2D eigenvalue weighted by Gasteiger charge is -2.10. The Hall–Kier alpha value is -1.01. The van der Waals surface area contributed by atoms with Gasteiger partial charge in [-0.15, -0.1) is 0 Å². The number of pyridine rings is 1. The maximum atomic E-state index is 12.3. The molecule has 0 atom stereocenters. The van der Waals surface area contributed by atoms with E-state index in [0.717, 1.165) is 18.7 Å². The summed E-state index contributed by atoms with van der Waals surface area (Å²) in [5, 5.41) is 2.79. The minimum atomic E-state index is -4.43. The number of methoxy groups -OCH3 is 1. The number of nitrogens with zero attached hydrogens (tertiary/aromatic N) is 1. The average molecular weight is 269 g/mol. The van der Waals surface area contributed by atoms with Gasteiger partial charge in [-0.25, -0.2) is 4.98 Å². The highest BCUT2D eigenvalue weighted by Gasteiger charge is 2.31. The van der Waals surface area contributed by atoms with Gasteiger partial charge in [-0.2, -0.15) is 13.2 Å². The summed E-state index contributed by atoms with van der Waals surface area (Å²) in [6.45, 7) is 1.09. The van der Waals surface area contributed by atoms with E-state index in [-0.39, 0.29) is 10.8 Å². The number of hydrogen-bond donors (Lipinski definition) is 1. The van der Waals surface area contributed by atoms with Gasteiger partial charge in [-0.1, -0.05) is 11.6 Å². The molecule has 0 aliphatic carbocycles. The summed E-state index contributed by atoms with van der Waals surface area (Å²) in [7, 11) is 1.57. The van der Waals surface area contributed by atoms with Crippen LogP contribution in [0.1, 0.15) is 12.0 Å². The van der Waals surface area contributed by atoms with Crippen LogP contribution in [0.15, 0.2) is 12.3 Å². The molecule has 0 radical (unpaired) electrons. The summed E-state index contributed by atoms with van der Waals surface area (Å²) in [6.07, 6.45) is -2.95. The molecular formula is C10H12ClF3N2O. The quantitative estimate of drug-likeness (QED) is 0.833. The normalized spacial score (nSPS) is 11.6. The maximum Gasteiger partial charge on any atom is 0.417 e. The molecule has 1 aromatic heterocycles. The molecule has 17 heavy (non-hydrogen) atoms. The van der Waals surface area contributed by atoms with E-state index in [2.05, 4.69) is 10.3 Å². The molecule has 0 aromatic carbocycles. The van der Waals surface area contributed by atoms with Crippen LogP contribution in [-0.4, -0.2) is 25.2 Å². The SMILES string of the molecule is COCCCNc1ncc(C(F)(F)F)cc1Cl. The van der Waals surface area contributed by atoms with Crippen LogP contribution >= 0.6 is 11.6 Å². The van der Waals surface area contributed by atoms with Crippen molar-refractivity contribution in [2.24, 2.45) is 0 Å². The highest BCUT2D eigenvalue weighted by atomic mass is 35.5. The Morgan fingerprint density at radius 2 is 2.18 bits per heavy atom. The number of rotatable bonds is 5. The van der Waals surface area contributed by atoms with Crippen LogP contribution in [0.5, 0.6) is 0 Å². The molecule has 0 amide bonds. The lowest BCUT2D eigenvalue weighted by molar-refractivity contribution is -0.137. The summed E-state index contributed by atoms with van der Waals surface area (Å²) >= 11 is 5.69. The Morgan fingerprint density at radius 3 is 2.71 bits per heavy atom. The van der Waals surface area contributed by atoms with Crippen molar-refractivity contribution in [1.29, 1.82) is 0 Å². The number of aromatic nitrogens is 1. The smallest absolute Gasteiger partial charge is 0.385 e. The zero-order chi connectivity index (χ0) is 12.9. The van der Waals surface area contributed by atoms with Gasteiger partial charge in [0.25, 0.3) is 0 Å². The van der Waals surface area contributed by atoms with Gasteiger partial charge in [-0.3, -0.25) is 0 Å². The summed E-state index contributed by atoms with van der Waals surface area (Å²) in [4.78, 5) is 3.64. The van der Waals surface area contributed by atoms with Gasteiger partial charge in [0.1, 0.15) is 5.82 Å². The van der Waals surface area contributed by atoms with E-state index >= 15 is 0 Å². The van der Waals surface area contributed by atoms with Crippen molar-refractivity contribution in [3.8, 4) is 0 Å². The molecule has 1 heterocycles. The lowest BCUT2D eigenvalue weighted by Crippen LogP contribution is -2.09. The summed E-state index contributed by atoms with van der Waals surface area (Å²) in [5.74, 6) is 0.246. The Kier molecular flexibility index (Phi) is 5.02. The van der Waals surface area contributed by atoms with Gasteiger partial charge in [-0.05, 0) is 12.5 Å². The number of anilines is 1. The van der Waals surface area contributed by atoms with Crippen molar-refractivity contribution in [2.75, 3.05) is 25.6 Å². The third-order valence-corrected chi connectivity index (χ3v) is 2.27. The van der Waals surface area contributed by atoms with E-state index in [1.807, 2.05) is 0 Å². The maximum absolute atomic E-state index is 12.3. The van der Waals surface area contributed by atoms with E-state index in [4.69, 9.17) is 16.3 Å². The van der Waals surface area contributed by atoms with Gasteiger partial charge in [0, 0.05) is 26.5 Å². The predicted octanol–water partition coefficient (Wildman–Crippen LogP) is 3.20. The first-order chi connectivity index (χ1) is 7.95. The molecule has 3 nitrogen and oxygen atoms in total. The second kappa shape index (κ2) is 6.07. The van der Waals surface area contributed by atoms with Gasteiger partial charge >= 0.3 is 6.18 Å². The van der Waals surface area contributed by atoms with Gasteiger partial charge in [0.2, 0.25) is 0 Å². The molecule has 7 heteroatoms. The molecule has 0 saturated carbocycles. The molecule has 1 N–H and O–H groups in total. The molecule has 0 bridgehead atoms. The molecule has 0 aliphatic rings. The number of alkyl halides is 3. The van der Waals surface area contributed by atoms with E-state index in [1.54, 1.807) is 7.11 Å². The lowest BCUT2D eigenvalue weighted by atomic mass is 10.3. The zero-order valence-corrected chi connectivity index (χ0v) is 9.90. The van der Waals surface area contributed by atoms with Gasteiger partial charge in [0.05, 0.1) is 10.6 Å². The van der Waals surface area contributed by atoms with Crippen LogP contribution in [0, 0.1) is 0 Å². The first-order valence-corrected chi connectivity index (χ1v) is 5.28. The third kappa shape index (κ3) is 4.40. The fourth-order valence-electron chi connectivity index (χ4n) is 1.15. The number of nitrogens with one attached hydrogen (secondary N) is 1. The van der Waals surface area contributed by atoms with E-state index in [9.17, 15) is 13.2 Å². The second-order valence-electron chi connectivity index (χ2n) is 3.33. The van der Waals surface area contributed by atoms with Crippen molar-refractivity contribution in [3.05, 3.63) is 22.8 Å². The first kappa shape index (κ1) is 14.1. The summed E-state index contributed by atoms with van der Waals surface area (Å²) in [5.41, 5.74) is -0.857. The highest BCUT2D eigenvalue weighted by Crippen LogP contribution is 2.32. The first-order valence-electron chi connectivity index (χ1n) is 4.90. The molecule has 0 spiro atoms. The predicted molar refractivity (Wildman–Crippen MR) is 59.2 cm³/mol. The van der Waals surface area contributed by atoms with E-state index in [1.165, 1.54) is 0 Å². The van der Waals surface area contributed by atoms with Crippen molar-refractivity contribution in [1.82, 2.24) is 4.98 Å². The van der Waals surface area contributed by atoms with Crippen LogP contribution < -0.4 is 5.32 Å². The third-order valence-electron chi connectivity index (χ3n) is 1.99. The highest BCUT2D eigenvalue weighted by molar-refractivity contribution is 6.32. The van der Waals surface area contributed by atoms with Gasteiger partial charge < -0.3 is 10.1 Å². The fourth-order valence-corrected chi connectivity index (χ4v) is 1.38. The van der Waals surface area contributed by atoms with E-state index in [0.29, 0.717) is 13.2 Å².